The minimum absolute atomic E-state index is 0.110. The summed E-state index contributed by atoms with van der Waals surface area (Å²) in [4.78, 5) is 23.9. The van der Waals surface area contributed by atoms with Crippen LogP contribution in [0.1, 0.15) is 58.3 Å². The molecule has 0 radical (unpaired) electrons. The summed E-state index contributed by atoms with van der Waals surface area (Å²) in [6, 6.07) is 0. The first-order valence-corrected chi connectivity index (χ1v) is 7.58. The molecule has 1 aliphatic heterocycles. The van der Waals surface area contributed by atoms with Gasteiger partial charge in [0.2, 0.25) is 5.91 Å². The lowest BCUT2D eigenvalue weighted by Crippen LogP contribution is -2.51. The van der Waals surface area contributed by atoms with E-state index in [1.165, 1.54) is 0 Å². The number of nitrogens with one attached hydrogen (secondary N) is 1. The maximum atomic E-state index is 12.3. The van der Waals surface area contributed by atoms with Gasteiger partial charge in [-0.25, -0.2) is 0 Å². The first-order valence-electron chi connectivity index (χ1n) is 7.58. The second-order valence-electron chi connectivity index (χ2n) is 6.54. The fourth-order valence-corrected chi connectivity index (χ4v) is 3.33. The SMILES string of the molecule is CC1(NC(=O)CC2(C(=O)O)CCCCC2)CCOCC1. The smallest absolute Gasteiger partial charge is 0.310 e. The van der Waals surface area contributed by atoms with Crippen LogP contribution in [0.4, 0.5) is 0 Å². The molecule has 0 aromatic heterocycles. The zero-order chi connectivity index (χ0) is 14.6. The van der Waals surface area contributed by atoms with Gasteiger partial charge in [-0.1, -0.05) is 19.3 Å². The fourth-order valence-electron chi connectivity index (χ4n) is 3.33. The van der Waals surface area contributed by atoms with E-state index in [1.807, 2.05) is 6.92 Å². The van der Waals surface area contributed by atoms with Crippen LogP contribution in [0.5, 0.6) is 0 Å². The van der Waals surface area contributed by atoms with Crippen molar-refractivity contribution in [2.24, 2.45) is 5.41 Å². The molecule has 0 aromatic carbocycles. The van der Waals surface area contributed by atoms with Crippen LogP contribution in [0, 0.1) is 5.41 Å². The first-order chi connectivity index (χ1) is 9.46. The average Bonchev–Trinajstić information content (AvgIpc) is 2.39. The van der Waals surface area contributed by atoms with Gasteiger partial charge >= 0.3 is 5.97 Å². The summed E-state index contributed by atoms with van der Waals surface area (Å²) in [7, 11) is 0. The van der Waals surface area contributed by atoms with Gasteiger partial charge in [0.15, 0.2) is 0 Å². The van der Waals surface area contributed by atoms with Crippen molar-refractivity contribution < 1.29 is 19.4 Å². The Morgan fingerprint density at radius 2 is 1.70 bits per heavy atom. The van der Waals surface area contributed by atoms with Crippen LogP contribution in [0.25, 0.3) is 0 Å². The lowest BCUT2D eigenvalue weighted by Gasteiger charge is -2.37. The fraction of sp³-hybridized carbons (Fsp3) is 0.867. The molecular weight excluding hydrogens is 258 g/mol. The first kappa shape index (κ1) is 15.3. The number of carbonyl (C=O) groups excluding carboxylic acids is 1. The second kappa shape index (κ2) is 6.12. The van der Waals surface area contributed by atoms with E-state index in [2.05, 4.69) is 5.32 Å². The van der Waals surface area contributed by atoms with E-state index < -0.39 is 11.4 Å². The zero-order valence-electron chi connectivity index (χ0n) is 12.2. The van der Waals surface area contributed by atoms with Crippen molar-refractivity contribution in [1.29, 1.82) is 0 Å². The lowest BCUT2D eigenvalue weighted by atomic mass is 9.71. The van der Waals surface area contributed by atoms with Gasteiger partial charge in [-0.15, -0.1) is 0 Å². The van der Waals surface area contributed by atoms with Gasteiger partial charge in [0, 0.05) is 25.2 Å². The number of hydrogen-bond acceptors (Lipinski definition) is 3. The molecule has 1 saturated heterocycles. The molecule has 0 atom stereocenters. The third-order valence-corrected chi connectivity index (χ3v) is 4.80. The average molecular weight is 283 g/mol. The van der Waals surface area contributed by atoms with E-state index >= 15 is 0 Å². The Balaban J connectivity index is 1.96. The molecule has 2 N–H and O–H groups in total. The van der Waals surface area contributed by atoms with E-state index in [9.17, 15) is 14.7 Å². The molecule has 0 unspecified atom stereocenters. The normalized spacial score (nSPS) is 24.9. The van der Waals surface area contributed by atoms with Crippen LogP contribution < -0.4 is 5.32 Å². The molecule has 5 nitrogen and oxygen atoms in total. The molecule has 0 spiro atoms. The molecule has 2 rings (SSSR count). The third-order valence-electron chi connectivity index (χ3n) is 4.80. The number of carboxylic acid groups (broad SMARTS) is 1. The van der Waals surface area contributed by atoms with E-state index in [4.69, 9.17) is 4.74 Å². The number of hydrogen-bond donors (Lipinski definition) is 2. The number of carboxylic acids is 1. The highest BCUT2D eigenvalue weighted by molar-refractivity contribution is 5.85. The van der Waals surface area contributed by atoms with Crippen molar-refractivity contribution in [3.05, 3.63) is 0 Å². The monoisotopic (exact) mass is 283 g/mol. The minimum atomic E-state index is -0.843. The van der Waals surface area contributed by atoms with E-state index in [0.717, 1.165) is 32.1 Å². The van der Waals surface area contributed by atoms with Gasteiger partial charge in [0.1, 0.15) is 0 Å². The van der Waals surface area contributed by atoms with Gasteiger partial charge < -0.3 is 15.2 Å². The molecule has 20 heavy (non-hydrogen) atoms. The van der Waals surface area contributed by atoms with Gasteiger partial charge in [-0.3, -0.25) is 9.59 Å². The van der Waals surface area contributed by atoms with Crippen molar-refractivity contribution in [1.82, 2.24) is 5.32 Å². The van der Waals surface area contributed by atoms with E-state index in [0.29, 0.717) is 26.1 Å². The van der Waals surface area contributed by atoms with Crippen molar-refractivity contribution in [2.45, 2.75) is 63.8 Å². The van der Waals surface area contributed by atoms with Gasteiger partial charge in [-0.05, 0) is 32.6 Å². The highest BCUT2D eigenvalue weighted by Crippen LogP contribution is 2.39. The Morgan fingerprint density at radius 1 is 1.10 bits per heavy atom. The molecule has 1 amide bonds. The summed E-state index contributed by atoms with van der Waals surface area (Å²) in [5.74, 6) is -0.941. The van der Waals surface area contributed by atoms with Crippen LogP contribution >= 0.6 is 0 Å². The third kappa shape index (κ3) is 3.51. The maximum Gasteiger partial charge on any atom is 0.310 e. The molecule has 114 valence electrons. The molecular formula is C15H25NO4. The number of amides is 1. The van der Waals surface area contributed by atoms with Crippen LogP contribution in [0.15, 0.2) is 0 Å². The van der Waals surface area contributed by atoms with Crippen molar-refractivity contribution in [2.75, 3.05) is 13.2 Å². The Hall–Kier alpha value is -1.10. The van der Waals surface area contributed by atoms with Crippen LogP contribution in [-0.2, 0) is 14.3 Å². The molecule has 2 fully saturated rings. The zero-order valence-corrected chi connectivity index (χ0v) is 12.2. The molecule has 5 heteroatoms. The summed E-state index contributed by atoms with van der Waals surface area (Å²) in [6.07, 6.45) is 5.82. The van der Waals surface area contributed by atoms with Crippen LogP contribution in [0.3, 0.4) is 0 Å². The number of carbonyl (C=O) groups is 2. The lowest BCUT2D eigenvalue weighted by molar-refractivity contribution is -0.154. The summed E-state index contributed by atoms with van der Waals surface area (Å²) in [5, 5.41) is 12.5. The summed E-state index contributed by atoms with van der Waals surface area (Å²) in [6.45, 7) is 3.32. The molecule has 1 heterocycles. The van der Waals surface area contributed by atoms with Gasteiger partial charge in [-0.2, -0.15) is 0 Å². The number of aliphatic carboxylic acids is 1. The topological polar surface area (TPSA) is 75.6 Å². The molecule has 1 saturated carbocycles. The van der Waals surface area contributed by atoms with Crippen LogP contribution in [-0.4, -0.2) is 35.7 Å². The van der Waals surface area contributed by atoms with E-state index in [1.54, 1.807) is 0 Å². The van der Waals surface area contributed by atoms with Gasteiger partial charge in [0.25, 0.3) is 0 Å². The molecule has 2 aliphatic rings. The standard InChI is InChI=1S/C15H25NO4/c1-14(7-9-20-10-8-14)16-12(17)11-15(13(18)19)5-3-2-4-6-15/h2-11H2,1H3,(H,16,17)(H,18,19). The minimum Gasteiger partial charge on any atom is -0.481 e. The van der Waals surface area contributed by atoms with Crippen molar-refractivity contribution in [3.8, 4) is 0 Å². The summed E-state index contributed by atoms with van der Waals surface area (Å²) < 4.78 is 5.31. The summed E-state index contributed by atoms with van der Waals surface area (Å²) in [5.41, 5.74) is -1.09. The van der Waals surface area contributed by atoms with Gasteiger partial charge in [0.05, 0.1) is 5.41 Å². The molecule has 1 aliphatic carbocycles. The highest BCUT2D eigenvalue weighted by Gasteiger charge is 2.42. The number of ether oxygens (including phenoxy) is 1. The predicted octanol–water partition coefficient (Wildman–Crippen LogP) is 2.10. The second-order valence-corrected chi connectivity index (χ2v) is 6.54. The highest BCUT2D eigenvalue weighted by atomic mass is 16.5. The molecule has 0 bridgehead atoms. The van der Waals surface area contributed by atoms with Crippen molar-refractivity contribution in [3.63, 3.8) is 0 Å². The Bertz CT molecular complexity index is 368. The number of rotatable bonds is 4. The Kier molecular flexibility index (Phi) is 4.68. The summed E-state index contributed by atoms with van der Waals surface area (Å²) >= 11 is 0. The molecule has 0 aromatic rings. The Morgan fingerprint density at radius 3 is 2.25 bits per heavy atom. The maximum absolute atomic E-state index is 12.3. The van der Waals surface area contributed by atoms with E-state index in [-0.39, 0.29) is 17.9 Å². The van der Waals surface area contributed by atoms with Crippen LogP contribution in [0.2, 0.25) is 0 Å². The predicted molar refractivity (Wildman–Crippen MR) is 74.4 cm³/mol. The Labute approximate surface area is 120 Å². The largest absolute Gasteiger partial charge is 0.481 e. The quantitative estimate of drug-likeness (QED) is 0.828. The van der Waals surface area contributed by atoms with Crippen molar-refractivity contribution >= 4 is 11.9 Å².